The summed E-state index contributed by atoms with van der Waals surface area (Å²) in [6, 6.07) is 0. The summed E-state index contributed by atoms with van der Waals surface area (Å²) in [6.45, 7) is -0.373. The van der Waals surface area contributed by atoms with Crippen molar-refractivity contribution in [3.05, 3.63) is 0 Å². The van der Waals surface area contributed by atoms with Gasteiger partial charge in [0.05, 0.1) is 6.61 Å². The third-order valence-electron chi connectivity index (χ3n) is 2.08. The van der Waals surface area contributed by atoms with Gasteiger partial charge in [-0.3, -0.25) is 0 Å². The van der Waals surface area contributed by atoms with Crippen LogP contribution in [-0.2, 0) is 4.74 Å². The Labute approximate surface area is 80.3 Å². The van der Waals surface area contributed by atoms with E-state index in [1.54, 1.807) is 6.26 Å². The monoisotopic (exact) mass is 210 g/mol. The van der Waals surface area contributed by atoms with Crippen LogP contribution in [0.5, 0.6) is 0 Å². The fraction of sp³-hybridized carbons (Fsp3) is 1.00. The van der Waals surface area contributed by atoms with Gasteiger partial charge in [-0.2, -0.15) is 0 Å². The average molecular weight is 210 g/mol. The molecule has 5 nitrogen and oxygen atoms in total. The molecule has 0 amide bonds. The largest absolute Gasteiger partial charge is 0.394 e. The normalized spacial score (nSPS) is 46.4. The smallest absolute Gasteiger partial charge is 0.132 e. The molecule has 1 aliphatic rings. The molecule has 0 aliphatic carbocycles. The Morgan fingerprint density at radius 3 is 2.23 bits per heavy atom. The molecule has 0 saturated carbocycles. The van der Waals surface area contributed by atoms with E-state index >= 15 is 0 Å². The summed E-state index contributed by atoms with van der Waals surface area (Å²) < 4.78 is 5.13. The summed E-state index contributed by atoms with van der Waals surface area (Å²) >= 11 is 1.22. The molecule has 0 spiro atoms. The van der Waals surface area contributed by atoms with Gasteiger partial charge in [0, 0.05) is 0 Å². The molecule has 78 valence electrons. The fourth-order valence-electron chi connectivity index (χ4n) is 1.26. The van der Waals surface area contributed by atoms with Gasteiger partial charge < -0.3 is 25.2 Å². The fourth-order valence-corrected chi connectivity index (χ4v) is 1.96. The van der Waals surface area contributed by atoms with Gasteiger partial charge in [-0.1, -0.05) is 0 Å². The predicted molar refractivity (Wildman–Crippen MR) is 47.3 cm³/mol. The number of hydrogen-bond acceptors (Lipinski definition) is 6. The van der Waals surface area contributed by atoms with Gasteiger partial charge in [-0.05, 0) is 6.26 Å². The van der Waals surface area contributed by atoms with Gasteiger partial charge in [0.25, 0.3) is 0 Å². The maximum atomic E-state index is 9.38. The number of rotatable bonds is 2. The van der Waals surface area contributed by atoms with Crippen LogP contribution in [0.25, 0.3) is 0 Å². The lowest BCUT2D eigenvalue weighted by molar-refractivity contribution is -0.205. The third kappa shape index (κ3) is 2.15. The highest BCUT2D eigenvalue weighted by Gasteiger charge is 2.42. The molecule has 1 fully saturated rings. The zero-order valence-corrected chi connectivity index (χ0v) is 8.02. The van der Waals surface area contributed by atoms with E-state index in [0.29, 0.717) is 0 Å². The van der Waals surface area contributed by atoms with Gasteiger partial charge in [0.2, 0.25) is 0 Å². The summed E-state index contributed by atoms with van der Waals surface area (Å²) in [4.78, 5) is 0. The van der Waals surface area contributed by atoms with E-state index in [2.05, 4.69) is 0 Å². The Bertz CT molecular complexity index is 147. The molecule has 0 aromatic rings. The van der Waals surface area contributed by atoms with Crippen molar-refractivity contribution in [1.29, 1.82) is 0 Å². The van der Waals surface area contributed by atoms with Crippen LogP contribution in [-0.4, -0.2) is 63.1 Å². The number of ether oxygens (including phenoxy) is 1. The zero-order chi connectivity index (χ0) is 10.0. The van der Waals surface area contributed by atoms with Gasteiger partial charge in [0.15, 0.2) is 0 Å². The third-order valence-corrected chi connectivity index (χ3v) is 2.94. The van der Waals surface area contributed by atoms with Gasteiger partial charge in [0.1, 0.15) is 29.9 Å². The van der Waals surface area contributed by atoms with Crippen LogP contribution in [0.3, 0.4) is 0 Å². The second-order valence-electron chi connectivity index (χ2n) is 2.93. The standard InChI is InChI=1S/C7H14O5S/c1-13-7-6(11)5(10)4(9)3(2-8)12-7/h3-11H,2H2,1H3/t3-,4-,5-,6-,7+/m1/s1. The highest BCUT2D eigenvalue weighted by molar-refractivity contribution is 7.99. The Morgan fingerprint density at radius 2 is 1.77 bits per heavy atom. The second kappa shape index (κ2) is 4.59. The lowest BCUT2D eigenvalue weighted by atomic mass is 10.0. The lowest BCUT2D eigenvalue weighted by Crippen LogP contribution is -2.57. The molecule has 1 heterocycles. The number of aliphatic hydroxyl groups excluding tert-OH is 4. The van der Waals surface area contributed by atoms with Crippen LogP contribution in [0, 0.1) is 0 Å². The molecule has 6 heteroatoms. The van der Waals surface area contributed by atoms with Crippen molar-refractivity contribution < 1.29 is 25.2 Å². The van der Waals surface area contributed by atoms with Crippen LogP contribution in [0.1, 0.15) is 0 Å². The molecular formula is C7H14O5S. The summed E-state index contributed by atoms with van der Waals surface area (Å²) in [5.41, 5.74) is -0.601. The number of thioether (sulfide) groups is 1. The Balaban J connectivity index is 2.66. The lowest BCUT2D eigenvalue weighted by Gasteiger charge is -2.39. The van der Waals surface area contributed by atoms with Crippen molar-refractivity contribution in [2.75, 3.05) is 12.9 Å². The quantitative estimate of drug-likeness (QED) is 0.428. The maximum Gasteiger partial charge on any atom is 0.132 e. The van der Waals surface area contributed by atoms with Crippen LogP contribution in [0.15, 0.2) is 0 Å². The van der Waals surface area contributed by atoms with E-state index in [-0.39, 0.29) is 6.61 Å². The predicted octanol–water partition coefficient (Wildman–Crippen LogP) is -1.85. The Hall–Kier alpha value is 0.150. The molecule has 0 aromatic heterocycles. The second-order valence-corrected chi connectivity index (χ2v) is 3.87. The zero-order valence-electron chi connectivity index (χ0n) is 7.20. The SMILES string of the molecule is CS[C@@H]1O[C@H](CO)[C@@H](O)[C@@H](O)[C@H]1O. The van der Waals surface area contributed by atoms with E-state index < -0.39 is 29.9 Å². The molecular weight excluding hydrogens is 196 g/mol. The van der Waals surface area contributed by atoms with Gasteiger partial charge >= 0.3 is 0 Å². The van der Waals surface area contributed by atoms with Crippen molar-refractivity contribution in [3.8, 4) is 0 Å². The summed E-state index contributed by atoms with van der Waals surface area (Å²) in [5, 5.41) is 36.8. The van der Waals surface area contributed by atoms with Crippen LogP contribution < -0.4 is 0 Å². The molecule has 1 saturated heterocycles. The van der Waals surface area contributed by atoms with Crippen LogP contribution in [0.4, 0.5) is 0 Å². The minimum atomic E-state index is -1.26. The highest BCUT2D eigenvalue weighted by atomic mass is 32.2. The molecule has 0 radical (unpaired) electrons. The molecule has 13 heavy (non-hydrogen) atoms. The number of hydrogen-bond donors (Lipinski definition) is 4. The summed E-state index contributed by atoms with van der Waals surface area (Å²) in [6.07, 6.45) is -2.72. The first-order valence-electron chi connectivity index (χ1n) is 3.95. The van der Waals surface area contributed by atoms with E-state index in [9.17, 15) is 15.3 Å². The molecule has 4 N–H and O–H groups in total. The van der Waals surface area contributed by atoms with Crippen molar-refractivity contribution in [2.45, 2.75) is 29.9 Å². The van der Waals surface area contributed by atoms with Gasteiger partial charge in [-0.15, -0.1) is 11.8 Å². The highest BCUT2D eigenvalue weighted by Crippen LogP contribution is 2.26. The van der Waals surface area contributed by atoms with E-state index in [4.69, 9.17) is 9.84 Å². The average Bonchev–Trinajstić information content (AvgIpc) is 2.15. The van der Waals surface area contributed by atoms with Crippen LogP contribution in [0.2, 0.25) is 0 Å². The summed E-state index contributed by atoms with van der Waals surface area (Å²) in [7, 11) is 0. The Kier molecular flexibility index (Phi) is 3.96. The molecule has 0 bridgehead atoms. The maximum absolute atomic E-state index is 9.38. The van der Waals surface area contributed by atoms with E-state index in [1.165, 1.54) is 11.8 Å². The van der Waals surface area contributed by atoms with Crippen molar-refractivity contribution in [1.82, 2.24) is 0 Å². The first-order valence-corrected chi connectivity index (χ1v) is 5.24. The van der Waals surface area contributed by atoms with Crippen LogP contribution >= 0.6 is 11.8 Å². The molecule has 5 atom stereocenters. The number of aliphatic hydroxyl groups is 4. The minimum absolute atomic E-state index is 0.373. The van der Waals surface area contributed by atoms with E-state index in [0.717, 1.165) is 0 Å². The topological polar surface area (TPSA) is 90.2 Å². The first-order chi connectivity index (χ1) is 6.11. The molecule has 0 aromatic carbocycles. The van der Waals surface area contributed by atoms with Crippen molar-refractivity contribution in [2.24, 2.45) is 0 Å². The molecule has 0 unspecified atom stereocenters. The minimum Gasteiger partial charge on any atom is -0.394 e. The van der Waals surface area contributed by atoms with Crippen molar-refractivity contribution in [3.63, 3.8) is 0 Å². The van der Waals surface area contributed by atoms with Crippen molar-refractivity contribution >= 4 is 11.8 Å². The molecule has 1 aliphatic heterocycles. The molecule has 1 rings (SSSR count). The first kappa shape index (κ1) is 11.2. The summed E-state index contributed by atoms with van der Waals surface area (Å²) in [5.74, 6) is 0. The van der Waals surface area contributed by atoms with Gasteiger partial charge in [-0.25, -0.2) is 0 Å². The Morgan fingerprint density at radius 1 is 1.15 bits per heavy atom. The van der Waals surface area contributed by atoms with E-state index in [1.807, 2.05) is 0 Å².